The Labute approximate surface area is 260 Å². The van der Waals surface area contributed by atoms with Crippen molar-refractivity contribution in [2.45, 2.75) is 129 Å². The molecule has 2 N–H and O–H groups in total. The number of phosphoric ester groups is 1. The van der Waals surface area contributed by atoms with Crippen LogP contribution in [0.25, 0.3) is 0 Å². The van der Waals surface area contributed by atoms with Gasteiger partial charge in [0.25, 0.3) is 0 Å². The monoisotopic (exact) mass is 624 g/mol. The van der Waals surface area contributed by atoms with Gasteiger partial charge in [-0.25, -0.2) is 4.57 Å². The average molecular weight is 625 g/mol. The summed E-state index contributed by atoms with van der Waals surface area (Å²) in [6, 6.07) is 0. The summed E-state index contributed by atoms with van der Waals surface area (Å²) in [6.45, 7) is 3.43. The summed E-state index contributed by atoms with van der Waals surface area (Å²) in [7, 11) is -4.77. The maximum atomic E-state index is 12.2. The van der Waals surface area contributed by atoms with Gasteiger partial charge in [-0.05, 0) is 38.5 Å². The molecular formula is C34H57O8P. The maximum absolute atomic E-state index is 12.2. The van der Waals surface area contributed by atoms with Gasteiger partial charge in [-0.1, -0.05) is 132 Å². The number of esters is 2. The van der Waals surface area contributed by atoms with Crippen LogP contribution in [0.2, 0.25) is 0 Å². The molecule has 0 aromatic heterocycles. The van der Waals surface area contributed by atoms with E-state index < -0.39 is 32.5 Å². The molecule has 0 spiro atoms. The molecular weight excluding hydrogens is 567 g/mol. The van der Waals surface area contributed by atoms with Crippen LogP contribution in [-0.2, 0) is 28.2 Å². The third kappa shape index (κ3) is 32.5. The van der Waals surface area contributed by atoms with E-state index in [1.165, 1.54) is 38.5 Å². The molecule has 0 heterocycles. The predicted molar refractivity (Wildman–Crippen MR) is 174 cm³/mol. The minimum atomic E-state index is -4.77. The molecule has 0 aliphatic carbocycles. The van der Waals surface area contributed by atoms with E-state index >= 15 is 0 Å². The predicted octanol–water partition coefficient (Wildman–Crippen LogP) is 9.00. The Hall–Kier alpha value is -2.25. The number of hydrogen-bond acceptors (Lipinski definition) is 6. The SMILES string of the molecule is CC/C=C\C/C=C\C/C=C\C/C=C\C/C=C\CC(=O)OC(COC(=O)CCCCCCCCCCCC)COP(=O)(O)O. The van der Waals surface area contributed by atoms with Crippen LogP contribution in [0, 0.1) is 0 Å². The molecule has 0 radical (unpaired) electrons. The highest BCUT2D eigenvalue weighted by Gasteiger charge is 2.22. The first-order valence-corrected chi connectivity index (χ1v) is 17.6. The van der Waals surface area contributed by atoms with Crippen LogP contribution in [0.5, 0.6) is 0 Å². The van der Waals surface area contributed by atoms with Crippen LogP contribution in [0.15, 0.2) is 60.8 Å². The molecule has 0 saturated carbocycles. The number of unbranched alkanes of at least 4 members (excludes halogenated alkanes) is 9. The van der Waals surface area contributed by atoms with Gasteiger partial charge in [-0.3, -0.25) is 14.1 Å². The Bertz CT molecular complexity index is 885. The third-order valence-electron chi connectivity index (χ3n) is 6.33. The highest BCUT2D eigenvalue weighted by molar-refractivity contribution is 7.46. The second-order valence-electron chi connectivity index (χ2n) is 10.4. The zero-order valence-corrected chi connectivity index (χ0v) is 27.5. The quantitative estimate of drug-likeness (QED) is 0.0383. The van der Waals surface area contributed by atoms with E-state index in [0.29, 0.717) is 12.8 Å². The number of rotatable bonds is 28. The smallest absolute Gasteiger partial charge is 0.462 e. The van der Waals surface area contributed by atoms with Crippen molar-refractivity contribution in [1.82, 2.24) is 0 Å². The molecule has 43 heavy (non-hydrogen) atoms. The fourth-order valence-corrected chi connectivity index (χ4v) is 4.34. The Balaban J connectivity index is 4.22. The van der Waals surface area contributed by atoms with Gasteiger partial charge >= 0.3 is 19.8 Å². The van der Waals surface area contributed by atoms with Crippen molar-refractivity contribution >= 4 is 19.8 Å². The van der Waals surface area contributed by atoms with Crippen LogP contribution < -0.4 is 0 Å². The van der Waals surface area contributed by atoms with Crippen molar-refractivity contribution in [2.75, 3.05) is 13.2 Å². The van der Waals surface area contributed by atoms with Crippen molar-refractivity contribution in [3.05, 3.63) is 60.8 Å². The Morgan fingerprint density at radius 3 is 1.58 bits per heavy atom. The van der Waals surface area contributed by atoms with Gasteiger partial charge in [0.15, 0.2) is 6.10 Å². The second kappa shape index (κ2) is 29.8. The topological polar surface area (TPSA) is 119 Å². The molecule has 8 nitrogen and oxygen atoms in total. The Morgan fingerprint density at radius 2 is 1.09 bits per heavy atom. The van der Waals surface area contributed by atoms with Gasteiger partial charge in [-0.15, -0.1) is 0 Å². The first-order chi connectivity index (χ1) is 20.8. The van der Waals surface area contributed by atoms with E-state index in [2.05, 4.69) is 54.8 Å². The summed E-state index contributed by atoms with van der Waals surface area (Å²) in [5, 5.41) is 0. The number of carbonyl (C=O) groups is 2. The van der Waals surface area contributed by atoms with Crippen molar-refractivity contribution in [3.63, 3.8) is 0 Å². The van der Waals surface area contributed by atoms with Gasteiger partial charge in [-0.2, -0.15) is 0 Å². The normalized spacial score (nSPS) is 13.3. The fourth-order valence-electron chi connectivity index (χ4n) is 3.98. The molecule has 1 unspecified atom stereocenters. The molecule has 0 amide bonds. The standard InChI is InChI=1S/C34H57O8P/c1-3-5-7-9-11-13-15-16-17-18-19-21-23-25-27-29-34(36)42-32(31-41-43(37,38)39)30-40-33(35)28-26-24-22-20-14-12-10-8-6-4-2/h5,7,11,13,16-17,19,21,25,27,32H,3-4,6,8-10,12,14-15,18,20,22-24,26,28-31H2,1-2H3,(H2,37,38,39)/b7-5-,13-11-,17-16-,21-19-,27-25-. The molecule has 0 aromatic carbocycles. The lowest BCUT2D eigenvalue weighted by molar-refractivity contribution is -0.160. The average Bonchev–Trinajstić information content (AvgIpc) is 2.97. The summed E-state index contributed by atoms with van der Waals surface area (Å²) >= 11 is 0. The first-order valence-electron chi connectivity index (χ1n) is 16.1. The number of phosphoric acid groups is 1. The number of hydrogen-bond donors (Lipinski definition) is 2. The van der Waals surface area contributed by atoms with E-state index in [9.17, 15) is 14.2 Å². The molecule has 0 aromatic rings. The molecule has 1 atom stereocenters. The van der Waals surface area contributed by atoms with Crippen molar-refractivity contribution in [3.8, 4) is 0 Å². The minimum Gasteiger partial charge on any atom is -0.462 e. The van der Waals surface area contributed by atoms with E-state index in [1.54, 1.807) is 6.08 Å². The Morgan fingerprint density at radius 1 is 0.628 bits per heavy atom. The zero-order chi connectivity index (χ0) is 31.9. The summed E-state index contributed by atoms with van der Waals surface area (Å²) in [6.07, 6.45) is 35.5. The van der Waals surface area contributed by atoms with Gasteiger partial charge < -0.3 is 19.3 Å². The summed E-state index contributed by atoms with van der Waals surface area (Å²) in [5.41, 5.74) is 0. The lowest BCUT2D eigenvalue weighted by Gasteiger charge is -2.18. The number of carbonyl (C=O) groups excluding carboxylic acids is 2. The largest absolute Gasteiger partial charge is 0.469 e. The highest BCUT2D eigenvalue weighted by atomic mass is 31.2. The van der Waals surface area contributed by atoms with Crippen LogP contribution >= 0.6 is 7.82 Å². The van der Waals surface area contributed by atoms with Gasteiger partial charge in [0.1, 0.15) is 6.61 Å². The molecule has 0 aliphatic rings. The van der Waals surface area contributed by atoms with E-state index in [1.807, 2.05) is 18.2 Å². The highest BCUT2D eigenvalue weighted by Crippen LogP contribution is 2.35. The second-order valence-corrected chi connectivity index (χ2v) is 11.7. The van der Waals surface area contributed by atoms with Crippen LogP contribution in [0.4, 0.5) is 0 Å². The summed E-state index contributed by atoms with van der Waals surface area (Å²) in [5.74, 6) is -1.04. The van der Waals surface area contributed by atoms with E-state index in [0.717, 1.165) is 44.9 Å². The molecule has 0 fully saturated rings. The van der Waals surface area contributed by atoms with Gasteiger partial charge in [0.2, 0.25) is 0 Å². The van der Waals surface area contributed by atoms with E-state index in [-0.39, 0.29) is 19.4 Å². The molecule has 9 heteroatoms. The van der Waals surface area contributed by atoms with Crippen molar-refractivity contribution in [1.29, 1.82) is 0 Å². The summed E-state index contributed by atoms with van der Waals surface area (Å²) in [4.78, 5) is 42.3. The van der Waals surface area contributed by atoms with Crippen LogP contribution in [-0.4, -0.2) is 41.0 Å². The maximum Gasteiger partial charge on any atom is 0.469 e. The van der Waals surface area contributed by atoms with E-state index in [4.69, 9.17) is 19.3 Å². The van der Waals surface area contributed by atoms with Crippen molar-refractivity contribution in [2.24, 2.45) is 0 Å². The van der Waals surface area contributed by atoms with Crippen LogP contribution in [0.3, 0.4) is 0 Å². The number of ether oxygens (including phenoxy) is 2. The summed E-state index contributed by atoms with van der Waals surface area (Å²) < 4.78 is 26.0. The molecule has 0 rings (SSSR count). The fraction of sp³-hybridized carbons (Fsp3) is 0.647. The third-order valence-corrected chi connectivity index (χ3v) is 6.82. The van der Waals surface area contributed by atoms with Crippen molar-refractivity contribution < 1.29 is 37.9 Å². The van der Waals surface area contributed by atoms with Gasteiger partial charge in [0.05, 0.1) is 13.0 Å². The van der Waals surface area contributed by atoms with Crippen LogP contribution in [0.1, 0.15) is 123 Å². The van der Waals surface area contributed by atoms with Gasteiger partial charge in [0, 0.05) is 6.42 Å². The Kier molecular flexibility index (Phi) is 28.2. The zero-order valence-electron chi connectivity index (χ0n) is 26.6. The lowest BCUT2D eigenvalue weighted by atomic mass is 10.1. The molecule has 0 aliphatic heterocycles. The first kappa shape index (κ1) is 40.8. The molecule has 0 bridgehead atoms. The number of allylic oxidation sites excluding steroid dienone is 9. The lowest BCUT2D eigenvalue weighted by Crippen LogP contribution is -2.29. The molecule has 0 saturated heterocycles. The minimum absolute atomic E-state index is 0.0213. The molecule has 246 valence electrons.